The molecule has 4 heteroatoms. The predicted molar refractivity (Wildman–Crippen MR) is 244 cm³/mol. The molecule has 0 atom stereocenters. The predicted octanol–water partition coefficient (Wildman–Crippen LogP) is 14.7. The van der Waals surface area contributed by atoms with Gasteiger partial charge < -0.3 is 4.42 Å². The lowest BCUT2D eigenvalue weighted by Crippen LogP contribution is -2.01. The van der Waals surface area contributed by atoms with Gasteiger partial charge in [0.15, 0.2) is 17.5 Å². The highest BCUT2D eigenvalue weighted by Gasteiger charge is 2.22. The van der Waals surface area contributed by atoms with E-state index in [0.29, 0.717) is 17.5 Å². The van der Waals surface area contributed by atoms with E-state index in [1.807, 2.05) is 54.6 Å². The zero-order valence-corrected chi connectivity index (χ0v) is 31.8. The second-order valence-corrected chi connectivity index (χ2v) is 15.0. The molecule has 0 fully saturated rings. The molecule has 0 radical (unpaired) electrons. The highest BCUT2D eigenvalue weighted by molar-refractivity contribution is 6.25. The topological polar surface area (TPSA) is 51.8 Å². The van der Waals surface area contributed by atoms with Gasteiger partial charge in [0, 0.05) is 21.9 Å². The van der Waals surface area contributed by atoms with Crippen LogP contribution in [0.3, 0.4) is 0 Å². The van der Waals surface area contributed by atoms with E-state index in [0.717, 1.165) is 55.0 Å². The van der Waals surface area contributed by atoms with Crippen molar-refractivity contribution in [2.24, 2.45) is 0 Å². The molecule has 2 heterocycles. The summed E-state index contributed by atoms with van der Waals surface area (Å²) >= 11 is 0. The molecule has 4 nitrogen and oxygen atoms in total. The van der Waals surface area contributed by atoms with Crippen LogP contribution in [0.2, 0.25) is 0 Å². The van der Waals surface area contributed by atoms with Gasteiger partial charge in [-0.05, 0) is 83.5 Å². The van der Waals surface area contributed by atoms with Crippen molar-refractivity contribution >= 4 is 65.0 Å². The Hall–Kier alpha value is -7.95. The summed E-state index contributed by atoms with van der Waals surface area (Å²) in [5.41, 5.74) is 9.12. The lowest BCUT2D eigenvalue weighted by molar-refractivity contribution is 0.669. The molecule has 0 aliphatic rings. The summed E-state index contributed by atoms with van der Waals surface area (Å²) in [6.45, 7) is 0. The van der Waals surface area contributed by atoms with Gasteiger partial charge in [-0.1, -0.05) is 182 Å². The van der Waals surface area contributed by atoms with E-state index >= 15 is 0 Å². The normalized spacial score (nSPS) is 11.7. The number of furan rings is 1. The smallest absolute Gasteiger partial charge is 0.167 e. The first kappa shape index (κ1) is 33.2. The van der Waals surface area contributed by atoms with Crippen LogP contribution in [0.25, 0.3) is 121 Å². The summed E-state index contributed by atoms with van der Waals surface area (Å²) in [6, 6.07) is 70.6. The van der Waals surface area contributed by atoms with Crippen LogP contribution in [-0.4, -0.2) is 15.0 Å². The van der Waals surface area contributed by atoms with E-state index in [1.54, 1.807) is 0 Å². The molecule has 10 aromatic carbocycles. The largest absolute Gasteiger partial charge is 0.455 e. The molecule has 59 heavy (non-hydrogen) atoms. The molecule has 0 aliphatic heterocycles. The Labute approximate surface area is 339 Å². The van der Waals surface area contributed by atoms with Crippen LogP contribution in [0.4, 0.5) is 0 Å². The van der Waals surface area contributed by atoms with Gasteiger partial charge in [0.1, 0.15) is 11.2 Å². The molecule has 0 N–H and O–H groups in total. The number of para-hydroxylation sites is 2. The number of aromatic nitrogens is 3. The molecule has 0 saturated heterocycles. The maximum atomic E-state index is 6.49. The number of benzene rings is 10. The van der Waals surface area contributed by atoms with Crippen molar-refractivity contribution in [2.75, 3.05) is 0 Å². The summed E-state index contributed by atoms with van der Waals surface area (Å²) in [5, 5.41) is 11.6. The summed E-state index contributed by atoms with van der Waals surface area (Å²) < 4.78 is 6.49. The van der Waals surface area contributed by atoms with Crippen LogP contribution in [0.5, 0.6) is 0 Å². The van der Waals surface area contributed by atoms with E-state index in [2.05, 4.69) is 146 Å². The molecule has 0 amide bonds. The summed E-state index contributed by atoms with van der Waals surface area (Å²) in [6.07, 6.45) is 0. The first-order valence-corrected chi connectivity index (χ1v) is 19.9. The Kier molecular flexibility index (Phi) is 7.50. The molecular weight excluding hydrogens is 719 g/mol. The molecule has 0 spiro atoms. The van der Waals surface area contributed by atoms with Crippen molar-refractivity contribution in [3.8, 4) is 56.4 Å². The molecular formula is C55H33N3O. The van der Waals surface area contributed by atoms with E-state index in [1.165, 1.54) is 49.0 Å². The average molecular weight is 752 g/mol. The van der Waals surface area contributed by atoms with Gasteiger partial charge in [0.2, 0.25) is 0 Å². The zero-order valence-electron chi connectivity index (χ0n) is 31.8. The molecule has 12 aromatic rings. The van der Waals surface area contributed by atoms with Crippen LogP contribution in [0, 0.1) is 0 Å². The summed E-state index contributed by atoms with van der Waals surface area (Å²) in [7, 11) is 0. The van der Waals surface area contributed by atoms with Crippen LogP contribution in [0.15, 0.2) is 205 Å². The number of nitrogens with zero attached hydrogens (tertiary/aromatic N) is 3. The van der Waals surface area contributed by atoms with Gasteiger partial charge in [0.05, 0.1) is 5.56 Å². The monoisotopic (exact) mass is 751 g/mol. The molecule has 0 saturated carbocycles. The number of fused-ring (bicyclic) bond motifs is 7. The third-order valence-electron chi connectivity index (χ3n) is 11.7. The maximum Gasteiger partial charge on any atom is 0.167 e. The average Bonchev–Trinajstić information content (AvgIpc) is 3.70. The molecule has 0 aliphatic carbocycles. The molecule has 12 rings (SSSR count). The van der Waals surface area contributed by atoms with Crippen molar-refractivity contribution < 1.29 is 4.42 Å². The number of rotatable bonds is 5. The standard InChI is InChI=1S/C55H33N3O/c1-2-17-35(18-3-1)53-56-54(58-55(57-53)48-30-15-29-46-39-23-12-13-31-49(39)59-52(46)48)47-33-32-45(37-21-6-7-22-38(37)47)51-43-26-10-8-24-41(43)50(42-25-9-11-27-44(42)51)40-28-14-19-34-16-4-5-20-36(34)40/h1-33H. The lowest BCUT2D eigenvalue weighted by Gasteiger charge is -2.20. The van der Waals surface area contributed by atoms with Gasteiger partial charge in [-0.25, -0.2) is 15.0 Å². The van der Waals surface area contributed by atoms with Gasteiger partial charge in [0.25, 0.3) is 0 Å². The van der Waals surface area contributed by atoms with Gasteiger partial charge in [-0.2, -0.15) is 0 Å². The summed E-state index contributed by atoms with van der Waals surface area (Å²) in [5.74, 6) is 1.77. The van der Waals surface area contributed by atoms with E-state index < -0.39 is 0 Å². The van der Waals surface area contributed by atoms with Gasteiger partial charge in [-0.15, -0.1) is 0 Å². The van der Waals surface area contributed by atoms with E-state index in [-0.39, 0.29) is 0 Å². The molecule has 0 bridgehead atoms. The minimum atomic E-state index is 0.563. The second kappa shape index (κ2) is 13.3. The highest BCUT2D eigenvalue weighted by Crippen LogP contribution is 2.47. The minimum Gasteiger partial charge on any atom is -0.455 e. The fourth-order valence-electron chi connectivity index (χ4n) is 9.12. The van der Waals surface area contributed by atoms with Crippen molar-refractivity contribution in [1.82, 2.24) is 15.0 Å². The van der Waals surface area contributed by atoms with Crippen molar-refractivity contribution in [3.63, 3.8) is 0 Å². The zero-order chi connectivity index (χ0) is 38.9. The Morgan fingerprint density at radius 2 is 0.712 bits per heavy atom. The minimum absolute atomic E-state index is 0.563. The van der Waals surface area contributed by atoms with E-state index in [9.17, 15) is 0 Å². The fourth-order valence-corrected chi connectivity index (χ4v) is 9.12. The SMILES string of the molecule is c1ccc(-c2nc(-c3ccc(-c4c5ccccc5c(-c5cccc6ccccc56)c5ccccc45)c4ccccc34)nc(-c3cccc4c3oc3ccccc34)n2)cc1. The Morgan fingerprint density at radius 3 is 1.41 bits per heavy atom. The third kappa shape index (κ3) is 5.27. The van der Waals surface area contributed by atoms with E-state index in [4.69, 9.17) is 19.4 Å². The van der Waals surface area contributed by atoms with Crippen LogP contribution in [0.1, 0.15) is 0 Å². The van der Waals surface area contributed by atoms with Gasteiger partial charge >= 0.3 is 0 Å². The van der Waals surface area contributed by atoms with Gasteiger partial charge in [-0.3, -0.25) is 0 Å². The second-order valence-electron chi connectivity index (χ2n) is 15.0. The van der Waals surface area contributed by atoms with Crippen molar-refractivity contribution in [1.29, 1.82) is 0 Å². The third-order valence-corrected chi connectivity index (χ3v) is 11.7. The molecule has 2 aromatic heterocycles. The highest BCUT2D eigenvalue weighted by atomic mass is 16.3. The first-order chi connectivity index (χ1) is 29.3. The van der Waals surface area contributed by atoms with Crippen LogP contribution < -0.4 is 0 Å². The fraction of sp³-hybridized carbons (Fsp3) is 0. The van der Waals surface area contributed by atoms with Crippen molar-refractivity contribution in [3.05, 3.63) is 200 Å². The lowest BCUT2D eigenvalue weighted by atomic mass is 9.83. The van der Waals surface area contributed by atoms with Crippen LogP contribution in [-0.2, 0) is 0 Å². The molecule has 0 unspecified atom stereocenters. The Bertz CT molecular complexity index is 3560. The Balaban J connectivity index is 1.11. The molecule has 274 valence electrons. The van der Waals surface area contributed by atoms with Crippen molar-refractivity contribution in [2.45, 2.75) is 0 Å². The number of hydrogen-bond donors (Lipinski definition) is 0. The number of hydrogen-bond acceptors (Lipinski definition) is 4. The van der Waals surface area contributed by atoms with Crippen LogP contribution >= 0.6 is 0 Å². The summed E-state index contributed by atoms with van der Waals surface area (Å²) in [4.78, 5) is 15.6. The maximum absolute atomic E-state index is 6.49. The Morgan fingerprint density at radius 1 is 0.271 bits per heavy atom. The quantitative estimate of drug-likeness (QED) is 0.164. The first-order valence-electron chi connectivity index (χ1n) is 19.9.